The summed E-state index contributed by atoms with van der Waals surface area (Å²) < 4.78 is 13.0. The van der Waals surface area contributed by atoms with Crippen LogP contribution in [-0.2, 0) is 4.79 Å². The van der Waals surface area contributed by atoms with E-state index in [0.29, 0.717) is 5.69 Å². The van der Waals surface area contributed by atoms with Crippen LogP contribution in [-0.4, -0.2) is 23.6 Å². The van der Waals surface area contributed by atoms with Crippen LogP contribution < -0.4 is 10.6 Å². The number of anilines is 1. The summed E-state index contributed by atoms with van der Waals surface area (Å²) in [5.74, 6) is -1.48. The Balaban J connectivity index is 2.82. The fourth-order valence-corrected chi connectivity index (χ4v) is 0.986. The first kappa shape index (κ1) is 12.4. The molecule has 0 aliphatic rings. The van der Waals surface area contributed by atoms with Crippen molar-refractivity contribution < 1.29 is 14.3 Å². The van der Waals surface area contributed by atoms with Crippen LogP contribution in [0.3, 0.4) is 0 Å². The molecule has 0 aliphatic heterocycles. The van der Waals surface area contributed by atoms with E-state index in [-0.39, 0.29) is 5.91 Å². The van der Waals surface area contributed by atoms with Crippen LogP contribution >= 0.6 is 0 Å². The van der Waals surface area contributed by atoms with Gasteiger partial charge in [0.15, 0.2) is 11.6 Å². The van der Waals surface area contributed by atoms with Crippen molar-refractivity contribution in [3.05, 3.63) is 24.0 Å². The molecular weight excluding hydrogens is 211 g/mol. The van der Waals surface area contributed by atoms with Gasteiger partial charge in [-0.1, -0.05) is 0 Å². The highest BCUT2D eigenvalue weighted by atomic mass is 19.1. The Morgan fingerprint density at radius 1 is 1.44 bits per heavy atom. The molecular formula is C11H15FN2O2. The molecule has 0 radical (unpaired) electrons. The number of likely N-dealkylation sites (N-methyl/N-ethyl adjacent to an activating group) is 1. The quantitative estimate of drug-likeness (QED) is 0.684. The van der Waals surface area contributed by atoms with Crippen molar-refractivity contribution in [2.24, 2.45) is 0 Å². The fourth-order valence-electron chi connectivity index (χ4n) is 0.986. The summed E-state index contributed by atoms with van der Waals surface area (Å²) in [4.78, 5) is 11.7. The number of hydrogen-bond donors (Lipinski definition) is 3. The highest BCUT2D eigenvalue weighted by Gasteiger charge is 2.25. The number of benzene rings is 1. The molecule has 3 N–H and O–H groups in total. The lowest BCUT2D eigenvalue weighted by Crippen LogP contribution is -2.47. The van der Waals surface area contributed by atoms with Gasteiger partial charge < -0.3 is 15.7 Å². The Morgan fingerprint density at radius 3 is 2.56 bits per heavy atom. The van der Waals surface area contributed by atoms with Crippen LogP contribution in [0.5, 0.6) is 5.75 Å². The monoisotopic (exact) mass is 226 g/mol. The van der Waals surface area contributed by atoms with E-state index in [1.165, 1.54) is 12.1 Å². The molecule has 0 spiro atoms. The summed E-state index contributed by atoms with van der Waals surface area (Å²) in [7, 11) is 1.66. The van der Waals surface area contributed by atoms with Crippen LogP contribution in [0.15, 0.2) is 18.2 Å². The maximum atomic E-state index is 13.0. The minimum atomic E-state index is -0.764. The van der Waals surface area contributed by atoms with Crippen molar-refractivity contribution in [1.82, 2.24) is 5.32 Å². The third kappa shape index (κ3) is 2.70. The number of rotatable bonds is 3. The van der Waals surface area contributed by atoms with Crippen molar-refractivity contribution in [2.45, 2.75) is 19.4 Å². The molecule has 0 atom stereocenters. The first-order valence-corrected chi connectivity index (χ1v) is 4.85. The molecule has 5 heteroatoms. The van der Waals surface area contributed by atoms with Gasteiger partial charge in [-0.05, 0) is 33.0 Å². The van der Waals surface area contributed by atoms with E-state index in [1.807, 2.05) is 0 Å². The summed E-state index contributed by atoms with van der Waals surface area (Å²) in [6.45, 7) is 3.41. The topological polar surface area (TPSA) is 61.4 Å². The van der Waals surface area contributed by atoms with Crippen molar-refractivity contribution in [2.75, 3.05) is 12.4 Å². The second-order valence-electron chi connectivity index (χ2n) is 4.00. The molecule has 0 bridgehead atoms. The molecule has 1 rings (SSSR count). The largest absolute Gasteiger partial charge is 0.505 e. The van der Waals surface area contributed by atoms with E-state index in [2.05, 4.69) is 10.6 Å². The Hall–Kier alpha value is -1.62. The third-order valence-electron chi connectivity index (χ3n) is 2.40. The summed E-state index contributed by atoms with van der Waals surface area (Å²) in [5, 5.41) is 14.4. The lowest BCUT2D eigenvalue weighted by Gasteiger charge is -2.22. The zero-order valence-corrected chi connectivity index (χ0v) is 9.47. The minimum Gasteiger partial charge on any atom is -0.505 e. The third-order valence-corrected chi connectivity index (χ3v) is 2.40. The number of carbonyl (C=O) groups is 1. The van der Waals surface area contributed by atoms with Gasteiger partial charge in [0, 0.05) is 11.8 Å². The maximum absolute atomic E-state index is 13.0. The number of nitrogens with one attached hydrogen (secondary N) is 2. The molecule has 0 fully saturated rings. The van der Waals surface area contributed by atoms with Crippen molar-refractivity contribution in [3.8, 4) is 5.75 Å². The summed E-state index contributed by atoms with van der Waals surface area (Å²) in [6.07, 6.45) is 0. The van der Waals surface area contributed by atoms with Crippen molar-refractivity contribution in [1.29, 1.82) is 0 Å². The smallest absolute Gasteiger partial charge is 0.244 e. The Morgan fingerprint density at radius 2 is 2.06 bits per heavy atom. The lowest BCUT2D eigenvalue weighted by atomic mass is 10.1. The van der Waals surface area contributed by atoms with E-state index in [9.17, 15) is 9.18 Å². The van der Waals surface area contributed by atoms with Crippen molar-refractivity contribution >= 4 is 11.6 Å². The van der Waals surface area contributed by atoms with Crippen LogP contribution in [0.25, 0.3) is 0 Å². The van der Waals surface area contributed by atoms with Gasteiger partial charge in [0.25, 0.3) is 0 Å². The van der Waals surface area contributed by atoms with Gasteiger partial charge in [0.05, 0.1) is 5.54 Å². The van der Waals surface area contributed by atoms with Crippen LogP contribution in [0.1, 0.15) is 13.8 Å². The Bertz CT molecular complexity index is 405. The van der Waals surface area contributed by atoms with Crippen LogP contribution in [0.4, 0.5) is 10.1 Å². The normalized spacial score (nSPS) is 11.2. The minimum absolute atomic E-state index is 0.278. The molecule has 1 aromatic rings. The summed E-state index contributed by atoms with van der Waals surface area (Å²) in [6, 6.07) is 3.69. The van der Waals surface area contributed by atoms with Crippen molar-refractivity contribution in [3.63, 3.8) is 0 Å². The Kier molecular flexibility index (Phi) is 3.49. The number of phenolic OH excluding ortho intramolecular Hbond substituents is 1. The van der Waals surface area contributed by atoms with Gasteiger partial charge in [0.2, 0.25) is 5.91 Å². The molecule has 0 aromatic heterocycles. The van der Waals surface area contributed by atoms with Gasteiger partial charge in [-0.15, -0.1) is 0 Å². The second kappa shape index (κ2) is 4.49. The highest BCUT2D eigenvalue weighted by molar-refractivity contribution is 5.97. The first-order chi connectivity index (χ1) is 7.36. The van der Waals surface area contributed by atoms with E-state index >= 15 is 0 Å². The standard InChI is InChI=1S/C11H15FN2O2/c1-11(2,13-3)10(16)14-7-4-5-9(15)8(12)6-7/h4-6,13,15H,1-3H3,(H,14,16). The zero-order valence-electron chi connectivity index (χ0n) is 9.47. The highest BCUT2D eigenvalue weighted by Crippen LogP contribution is 2.20. The van der Waals surface area contributed by atoms with E-state index < -0.39 is 17.1 Å². The van der Waals surface area contributed by atoms with E-state index in [4.69, 9.17) is 5.11 Å². The predicted molar refractivity (Wildman–Crippen MR) is 59.8 cm³/mol. The maximum Gasteiger partial charge on any atom is 0.244 e. The SMILES string of the molecule is CNC(C)(C)C(=O)Nc1ccc(O)c(F)c1. The number of amides is 1. The van der Waals surface area contributed by atoms with Crippen LogP contribution in [0, 0.1) is 5.82 Å². The average Bonchev–Trinajstić information content (AvgIpc) is 2.23. The number of phenols is 1. The van der Waals surface area contributed by atoms with E-state index in [1.54, 1.807) is 20.9 Å². The summed E-state index contributed by atoms with van der Waals surface area (Å²) >= 11 is 0. The second-order valence-corrected chi connectivity index (χ2v) is 4.00. The number of carbonyl (C=O) groups excluding carboxylic acids is 1. The molecule has 0 saturated carbocycles. The number of hydrogen-bond acceptors (Lipinski definition) is 3. The van der Waals surface area contributed by atoms with Gasteiger partial charge in [0.1, 0.15) is 0 Å². The first-order valence-electron chi connectivity index (χ1n) is 4.85. The molecule has 0 aliphatic carbocycles. The van der Waals surface area contributed by atoms with E-state index in [0.717, 1.165) is 6.07 Å². The predicted octanol–water partition coefficient (Wildman–Crippen LogP) is 1.47. The molecule has 1 aromatic carbocycles. The number of aromatic hydroxyl groups is 1. The fraction of sp³-hybridized carbons (Fsp3) is 0.364. The molecule has 16 heavy (non-hydrogen) atoms. The molecule has 88 valence electrons. The molecule has 0 heterocycles. The average molecular weight is 226 g/mol. The van der Waals surface area contributed by atoms with Gasteiger partial charge >= 0.3 is 0 Å². The molecule has 0 saturated heterocycles. The molecule has 4 nitrogen and oxygen atoms in total. The van der Waals surface area contributed by atoms with Gasteiger partial charge in [-0.25, -0.2) is 4.39 Å². The molecule has 0 unspecified atom stereocenters. The van der Waals surface area contributed by atoms with Crippen LogP contribution in [0.2, 0.25) is 0 Å². The Labute approximate surface area is 93.5 Å². The summed E-state index contributed by atoms with van der Waals surface area (Å²) in [5.41, 5.74) is -0.433. The lowest BCUT2D eigenvalue weighted by molar-refractivity contribution is -0.121. The van der Waals surface area contributed by atoms with Gasteiger partial charge in [-0.2, -0.15) is 0 Å². The molecule has 1 amide bonds. The zero-order chi connectivity index (χ0) is 12.3. The number of halogens is 1. The van der Waals surface area contributed by atoms with Gasteiger partial charge in [-0.3, -0.25) is 4.79 Å².